The molecule has 0 aromatic heterocycles. The zero-order valence-electron chi connectivity index (χ0n) is 11.4. The van der Waals surface area contributed by atoms with Gasteiger partial charge in [-0.3, -0.25) is 14.4 Å². The van der Waals surface area contributed by atoms with Crippen molar-refractivity contribution >= 4 is 55.1 Å². The number of benzene rings is 1. The Hall–Kier alpha value is -1.57. The summed E-state index contributed by atoms with van der Waals surface area (Å²) in [5, 5.41) is 0.465. The molecule has 0 saturated carbocycles. The average Bonchev–Trinajstić information content (AvgIpc) is 2.24. The summed E-state index contributed by atoms with van der Waals surface area (Å²) in [6, 6.07) is 4.18. The van der Waals surface area contributed by atoms with Gasteiger partial charge in [0.2, 0.25) is 0 Å². The van der Waals surface area contributed by atoms with Gasteiger partial charge in [-0.05, 0) is 18.2 Å². The SMILES string of the molecule is CC(=O)O[Si](OC(C)=O)(OC(C)=O)c1ccc(Cl)cc1Cl. The van der Waals surface area contributed by atoms with E-state index in [1.54, 1.807) is 0 Å². The first kappa shape index (κ1) is 17.5. The lowest BCUT2D eigenvalue weighted by atomic mass is 10.4. The molecular formula is C12H12Cl2O6Si. The molecule has 9 heteroatoms. The van der Waals surface area contributed by atoms with Crippen molar-refractivity contribution in [2.75, 3.05) is 0 Å². The molecule has 0 heterocycles. The topological polar surface area (TPSA) is 78.9 Å². The number of carbonyl (C=O) groups excluding carboxylic acids is 3. The first-order valence-electron chi connectivity index (χ1n) is 5.70. The number of rotatable bonds is 4. The van der Waals surface area contributed by atoms with Crippen LogP contribution in [0.25, 0.3) is 0 Å². The normalized spacial score (nSPS) is 10.7. The Bertz CT molecular complexity index is 548. The summed E-state index contributed by atoms with van der Waals surface area (Å²) in [5.41, 5.74) is 0. The third kappa shape index (κ3) is 4.73. The Morgan fingerprint density at radius 1 is 0.905 bits per heavy atom. The van der Waals surface area contributed by atoms with Crippen molar-refractivity contribution in [1.82, 2.24) is 0 Å². The third-order valence-corrected chi connectivity index (χ3v) is 5.57. The summed E-state index contributed by atoms with van der Waals surface area (Å²) in [4.78, 5) is 34.0. The second kappa shape index (κ2) is 6.93. The predicted molar refractivity (Wildman–Crippen MR) is 77.1 cm³/mol. The van der Waals surface area contributed by atoms with Crippen LogP contribution in [0.15, 0.2) is 18.2 Å². The van der Waals surface area contributed by atoms with E-state index < -0.39 is 26.7 Å². The highest BCUT2D eigenvalue weighted by molar-refractivity contribution is 6.81. The molecule has 0 fully saturated rings. The van der Waals surface area contributed by atoms with Crippen molar-refractivity contribution in [2.45, 2.75) is 20.8 Å². The lowest BCUT2D eigenvalue weighted by molar-refractivity contribution is -0.146. The van der Waals surface area contributed by atoms with Crippen molar-refractivity contribution in [3.8, 4) is 0 Å². The van der Waals surface area contributed by atoms with Gasteiger partial charge in [-0.1, -0.05) is 23.2 Å². The first-order valence-corrected chi connectivity index (χ1v) is 8.18. The summed E-state index contributed by atoms with van der Waals surface area (Å²) in [6.07, 6.45) is 0. The lowest BCUT2D eigenvalue weighted by Gasteiger charge is -2.26. The van der Waals surface area contributed by atoms with Crippen LogP contribution in [0.3, 0.4) is 0 Å². The van der Waals surface area contributed by atoms with Gasteiger partial charge in [0.15, 0.2) is 0 Å². The van der Waals surface area contributed by atoms with Crippen molar-refractivity contribution in [2.24, 2.45) is 0 Å². The van der Waals surface area contributed by atoms with Gasteiger partial charge in [-0.2, -0.15) is 0 Å². The fourth-order valence-electron chi connectivity index (χ4n) is 1.53. The molecule has 0 bridgehead atoms. The largest absolute Gasteiger partial charge is 0.744 e. The molecule has 0 aliphatic carbocycles. The van der Waals surface area contributed by atoms with Crippen LogP contribution < -0.4 is 5.19 Å². The van der Waals surface area contributed by atoms with Gasteiger partial charge in [0, 0.05) is 25.8 Å². The van der Waals surface area contributed by atoms with Crippen molar-refractivity contribution in [1.29, 1.82) is 0 Å². The van der Waals surface area contributed by atoms with Gasteiger partial charge in [0.1, 0.15) is 0 Å². The summed E-state index contributed by atoms with van der Waals surface area (Å²) in [7, 11) is -4.17. The van der Waals surface area contributed by atoms with Crippen molar-refractivity contribution in [3.63, 3.8) is 0 Å². The minimum absolute atomic E-state index is 0.0536. The smallest absolute Gasteiger partial charge is 0.452 e. The Labute approximate surface area is 132 Å². The molecule has 0 amide bonds. The molecule has 0 radical (unpaired) electrons. The molecule has 114 valence electrons. The maximum absolute atomic E-state index is 11.3. The van der Waals surface area contributed by atoms with Crippen LogP contribution in [0.4, 0.5) is 0 Å². The van der Waals surface area contributed by atoms with Crippen LogP contribution in [0, 0.1) is 0 Å². The Morgan fingerprint density at radius 3 is 1.67 bits per heavy atom. The number of carbonyl (C=O) groups is 3. The molecule has 0 saturated heterocycles. The van der Waals surface area contributed by atoms with Gasteiger partial charge in [-0.25, -0.2) is 0 Å². The molecular weight excluding hydrogens is 339 g/mol. The zero-order chi connectivity index (χ0) is 16.2. The fourth-order valence-corrected chi connectivity index (χ4v) is 4.53. The van der Waals surface area contributed by atoms with E-state index in [2.05, 4.69) is 0 Å². The minimum atomic E-state index is -4.17. The molecule has 0 spiro atoms. The van der Waals surface area contributed by atoms with E-state index in [1.807, 2.05) is 0 Å². The maximum Gasteiger partial charge on any atom is 0.744 e. The second-order valence-corrected chi connectivity index (χ2v) is 7.07. The molecule has 0 N–H and O–H groups in total. The van der Waals surface area contributed by atoms with Gasteiger partial charge < -0.3 is 13.3 Å². The van der Waals surface area contributed by atoms with E-state index in [-0.39, 0.29) is 10.2 Å². The highest BCUT2D eigenvalue weighted by Crippen LogP contribution is 2.21. The van der Waals surface area contributed by atoms with Crippen LogP contribution in [-0.2, 0) is 27.7 Å². The van der Waals surface area contributed by atoms with E-state index >= 15 is 0 Å². The Balaban J connectivity index is 3.47. The van der Waals surface area contributed by atoms with Crippen LogP contribution in [0.5, 0.6) is 0 Å². The minimum Gasteiger partial charge on any atom is -0.452 e. The molecule has 1 aromatic rings. The molecule has 21 heavy (non-hydrogen) atoms. The first-order chi connectivity index (χ1) is 9.66. The summed E-state index contributed by atoms with van der Waals surface area (Å²) in [5.74, 6) is -2.35. The van der Waals surface area contributed by atoms with Crippen LogP contribution in [-0.4, -0.2) is 26.7 Å². The highest BCUT2D eigenvalue weighted by atomic mass is 35.5. The van der Waals surface area contributed by atoms with Gasteiger partial charge in [-0.15, -0.1) is 0 Å². The fraction of sp³-hybridized carbons (Fsp3) is 0.250. The molecule has 0 atom stereocenters. The Kier molecular flexibility index (Phi) is 5.76. The van der Waals surface area contributed by atoms with E-state index in [1.165, 1.54) is 18.2 Å². The summed E-state index contributed by atoms with van der Waals surface area (Å²) in [6.45, 7) is 3.29. The van der Waals surface area contributed by atoms with E-state index in [0.717, 1.165) is 20.8 Å². The highest BCUT2D eigenvalue weighted by Gasteiger charge is 2.56. The summed E-state index contributed by atoms with van der Waals surface area (Å²) >= 11 is 11.8. The van der Waals surface area contributed by atoms with Crippen LogP contribution in [0.1, 0.15) is 20.8 Å². The summed E-state index contributed by atoms with van der Waals surface area (Å²) < 4.78 is 15.2. The standard InChI is InChI=1S/C12H12Cl2O6Si/c1-7(15)18-21(19-8(2)16,20-9(3)17)12-5-4-10(13)6-11(12)14/h4-6H,1-3H3. The molecule has 1 aromatic carbocycles. The monoisotopic (exact) mass is 350 g/mol. The Morgan fingerprint density at radius 2 is 1.33 bits per heavy atom. The predicted octanol–water partition coefficient (Wildman–Crippen LogP) is 1.83. The van der Waals surface area contributed by atoms with Gasteiger partial charge in [0.05, 0.1) is 10.2 Å². The second-order valence-electron chi connectivity index (χ2n) is 3.96. The van der Waals surface area contributed by atoms with Crippen molar-refractivity contribution < 1.29 is 27.7 Å². The van der Waals surface area contributed by atoms with E-state index in [4.69, 9.17) is 36.5 Å². The maximum atomic E-state index is 11.3. The molecule has 0 unspecified atom stereocenters. The van der Waals surface area contributed by atoms with E-state index in [9.17, 15) is 14.4 Å². The quantitative estimate of drug-likeness (QED) is 0.770. The zero-order valence-corrected chi connectivity index (χ0v) is 13.9. The van der Waals surface area contributed by atoms with Crippen LogP contribution in [0.2, 0.25) is 10.0 Å². The van der Waals surface area contributed by atoms with Gasteiger partial charge >= 0.3 is 8.80 Å². The number of halogens is 2. The van der Waals surface area contributed by atoms with Crippen LogP contribution >= 0.6 is 23.2 Å². The third-order valence-electron chi connectivity index (χ3n) is 2.10. The number of hydrogen-bond donors (Lipinski definition) is 0. The molecule has 0 aliphatic rings. The average molecular weight is 351 g/mol. The lowest BCUT2D eigenvalue weighted by Crippen LogP contribution is -2.59. The van der Waals surface area contributed by atoms with Gasteiger partial charge in [0.25, 0.3) is 17.9 Å². The molecule has 6 nitrogen and oxygen atoms in total. The van der Waals surface area contributed by atoms with E-state index in [0.29, 0.717) is 5.02 Å². The number of hydrogen-bond acceptors (Lipinski definition) is 6. The molecule has 0 aliphatic heterocycles. The molecule has 1 rings (SSSR count). The van der Waals surface area contributed by atoms with Crippen molar-refractivity contribution in [3.05, 3.63) is 28.2 Å².